The smallest absolute Gasteiger partial charge is 0.324 e. The first-order chi connectivity index (χ1) is 7.30. The minimum Gasteiger partial charge on any atom is -0.324 e. The molecule has 90 valence electrons. The summed E-state index contributed by atoms with van der Waals surface area (Å²) in [5.41, 5.74) is 5.99. The Hall–Kier alpha value is -1.03. The summed E-state index contributed by atoms with van der Waals surface area (Å²) in [6, 6.07) is 4.87. The number of hydrogen-bond acceptors (Lipinski definition) is 1. The van der Waals surface area contributed by atoms with Crippen molar-refractivity contribution in [3.63, 3.8) is 0 Å². The van der Waals surface area contributed by atoms with Gasteiger partial charge in [-0.25, -0.2) is 0 Å². The topological polar surface area (TPSA) is 26.0 Å². The van der Waals surface area contributed by atoms with Gasteiger partial charge in [0.15, 0.2) is 0 Å². The summed E-state index contributed by atoms with van der Waals surface area (Å²) in [4.78, 5) is 0. The zero-order valence-corrected chi connectivity index (χ0v) is 9.38. The molecule has 1 nitrogen and oxygen atoms in total. The van der Waals surface area contributed by atoms with Gasteiger partial charge in [0.25, 0.3) is 0 Å². The number of halogens is 3. The zero-order chi connectivity index (χ0) is 12.3. The Labute approximate surface area is 93.5 Å². The summed E-state index contributed by atoms with van der Waals surface area (Å²) in [5, 5.41) is 0. The molecule has 0 radical (unpaired) electrons. The van der Waals surface area contributed by atoms with Crippen LogP contribution in [0.3, 0.4) is 0 Å². The number of nitrogens with two attached hydrogens (primary N) is 1. The van der Waals surface area contributed by atoms with Crippen LogP contribution in [0.1, 0.15) is 37.4 Å². The fourth-order valence-corrected chi connectivity index (χ4v) is 1.56. The van der Waals surface area contributed by atoms with Crippen LogP contribution in [0, 0.1) is 5.92 Å². The lowest BCUT2D eigenvalue weighted by Gasteiger charge is -2.15. The van der Waals surface area contributed by atoms with Gasteiger partial charge in [0, 0.05) is 6.04 Å². The standard InChI is InChI=1S/C12H16F3N/c1-8(2)7-11(16)9-3-5-10(6-4-9)12(13,14)15/h3-6,8,11H,7,16H2,1-2H3. The van der Waals surface area contributed by atoms with Crippen molar-refractivity contribution in [1.82, 2.24) is 0 Å². The Morgan fingerprint density at radius 2 is 1.62 bits per heavy atom. The van der Waals surface area contributed by atoms with Gasteiger partial charge < -0.3 is 5.73 Å². The highest BCUT2D eigenvalue weighted by atomic mass is 19.4. The fourth-order valence-electron chi connectivity index (χ4n) is 1.56. The molecule has 0 aliphatic carbocycles. The molecule has 1 rings (SSSR count). The van der Waals surface area contributed by atoms with Crippen molar-refractivity contribution in [3.05, 3.63) is 35.4 Å². The van der Waals surface area contributed by atoms with E-state index in [0.717, 1.165) is 24.1 Å². The van der Waals surface area contributed by atoms with Crippen LogP contribution >= 0.6 is 0 Å². The van der Waals surface area contributed by atoms with Crippen molar-refractivity contribution in [2.45, 2.75) is 32.5 Å². The molecule has 0 aliphatic heterocycles. The Bertz CT molecular complexity index is 327. The van der Waals surface area contributed by atoms with Gasteiger partial charge in [-0.2, -0.15) is 13.2 Å². The predicted octanol–water partition coefficient (Wildman–Crippen LogP) is 3.75. The van der Waals surface area contributed by atoms with E-state index in [9.17, 15) is 13.2 Å². The second-order valence-electron chi connectivity index (χ2n) is 4.36. The minimum absolute atomic E-state index is 0.192. The van der Waals surface area contributed by atoms with E-state index in [0.29, 0.717) is 5.92 Å². The first-order valence-electron chi connectivity index (χ1n) is 5.23. The van der Waals surface area contributed by atoms with Crippen molar-refractivity contribution in [1.29, 1.82) is 0 Å². The third-order valence-corrected chi connectivity index (χ3v) is 2.39. The average molecular weight is 231 g/mol. The van der Waals surface area contributed by atoms with Crippen LogP contribution in [0.4, 0.5) is 13.2 Å². The largest absolute Gasteiger partial charge is 0.416 e. The molecule has 0 spiro atoms. The van der Waals surface area contributed by atoms with E-state index in [1.165, 1.54) is 12.1 Å². The summed E-state index contributed by atoms with van der Waals surface area (Å²) in [5.74, 6) is 0.428. The van der Waals surface area contributed by atoms with Crippen molar-refractivity contribution < 1.29 is 13.2 Å². The van der Waals surface area contributed by atoms with Gasteiger partial charge in [0.05, 0.1) is 5.56 Å². The summed E-state index contributed by atoms with van der Waals surface area (Å²) in [7, 11) is 0. The molecule has 2 N–H and O–H groups in total. The summed E-state index contributed by atoms with van der Waals surface area (Å²) >= 11 is 0. The summed E-state index contributed by atoms with van der Waals surface area (Å²) in [6.45, 7) is 4.06. The monoisotopic (exact) mass is 231 g/mol. The maximum absolute atomic E-state index is 12.3. The molecule has 1 aromatic rings. The van der Waals surface area contributed by atoms with Gasteiger partial charge in [0.2, 0.25) is 0 Å². The van der Waals surface area contributed by atoms with Gasteiger partial charge >= 0.3 is 6.18 Å². The highest BCUT2D eigenvalue weighted by Crippen LogP contribution is 2.30. The lowest BCUT2D eigenvalue weighted by molar-refractivity contribution is -0.137. The summed E-state index contributed by atoms with van der Waals surface area (Å²) in [6.07, 6.45) is -3.51. The molecular weight excluding hydrogens is 215 g/mol. The first kappa shape index (κ1) is 13.0. The van der Waals surface area contributed by atoms with E-state index in [4.69, 9.17) is 5.73 Å². The van der Waals surface area contributed by atoms with Crippen molar-refractivity contribution in [2.24, 2.45) is 11.7 Å². The molecule has 0 fully saturated rings. The number of rotatable bonds is 3. The van der Waals surface area contributed by atoms with E-state index in [-0.39, 0.29) is 6.04 Å². The lowest BCUT2D eigenvalue weighted by atomic mass is 9.97. The molecule has 16 heavy (non-hydrogen) atoms. The molecule has 0 saturated heterocycles. The van der Waals surface area contributed by atoms with Gasteiger partial charge in [0.1, 0.15) is 0 Å². The average Bonchev–Trinajstić information content (AvgIpc) is 2.15. The van der Waals surface area contributed by atoms with Crippen molar-refractivity contribution in [3.8, 4) is 0 Å². The van der Waals surface area contributed by atoms with Crippen molar-refractivity contribution in [2.75, 3.05) is 0 Å². The highest BCUT2D eigenvalue weighted by Gasteiger charge is 2.30. The molecule has 1 unspecified atom stereocenters. The van der Waals surface area contributed by atoms with Gasteiger partial charge in [-0.05, 0) is 30.0 Å². The third kappa shape index (κ3) is 3.52. The molecule has 0 amide bonds. The second kappa shape index (κ2) is 4.87. The van der Waals surface area contributed by atoms with Gasteiger partial charge in [-0.1, -0.05) is 26.0 Å². The van der Waals surface area contributed by atoms with Crippen LogP contribution in [0.25, 0.3) is 0 Å². The van der Waals surface area contributed by atoms with E-state index >= 15 is 0 Å². The predicted molar refractivity (Wildman–Crippen MR) is 57.8 cm³/mol. The molecule has 0 bridgehead atoms. The Kier molecular flexibility index (Phi) is 3.97. The Balaban J connectivity index is 2.79. The maximum atomic E-state index is 12.3. The van der Waals surface area contributed by atoms with Gasteiger partial charge in [-0.3, -0.25) is 0 Å². The molecule has 0 aromatic heterocycles. The van der Waals surface area contributed by atoms with E-state index in [1.54, 1.807) is 0 Å². The van der Waals surface area contributed by atoms with E-state index in [1.807, 2.05) is 13.8 Å². The second-order valence-corrected chi connectivity index (χ2v) is 4.36. The maximum Gasteiger partial charge on any atom is 0.416 e. The number of hydrogen-bond donors (Lipinski definition) is 1. The SMILES string of the molecule is CC(C)CC(N)c1ccc(C(F)(F)F)cc1. The lowest BCUT2D eigenvalue weighted by Crippen LogP contribution is -2.13. The van der Waals surface area contributed by atoms with Crippen LogP contribution < -0.4 is 5.73 Å². The quantitative estimate of drug-likeness (QED) is 0.842. The normalized spacial score (nSPS) is 14.2. The van der Waals surface area contributed by atoms with Gasteiger partial charge in [-0.15, -0.1) is 0 Å². The van der Waals surface area contributed by atoms with Crippen LogP contribution in [0.5, 0.6) is 0 Å². The molecule has 4 heteroatoms. The molecule has 1 aromatic carbocycles. The number of benzene rings is 1. The molecule has 0 aliphatic rings. The van der Waals surface area contributed by atoms with Crippen LogP contribution in [-0.4, -0.2) is 0 Å². The summed E-state index contributed by atoms with van der Waals surface area (Å²) < 4.78 is 36.9. The highest BCUT2D eigenvalue weighted by molar-refractivity contribution is 5.26. The Morgan fingerprint density at radius 1 is 1.12 bits per heavy atom. The van der Waals surface area contributed by atoms with E-state index in [2.05, 4.69) is 0 Å². The number of alkyl halides is 3. The van der Waals surface area contributed by atoms with E-state index < -0.39 is 11.7 Å². The van der Waals surface area contributed by atoms with Crippen LogP contribution in [0.2, 0.25) is 0 Å². The van der Waals surface area contributed by atoms with Crippen molar-refractivity contribution >= 4 is 0 Å². The van der Waals surface area contributed by atoms with Crippen LogP contribution in [0.15, 0.2) is 24.3 Å². The molecular formula is C12H16F3N. The molecule has 0 heterocycles. The fraction of sp³-hybridized carbons (Fsp3) is 0.500. The minimum atomic E-state index is -4.28. The zero-order valence-electron chi connectivity index (χ0n) is 9.38. The molecule has 1 atom stereocenters. The molecule has 0 saturated carbocycles. The van der Waals surface area contributed by atoms with Crippen LogP contribution in [-0.2, 0) is 6.18 Å². The first-order valence-corrected chi connectivity index (χ1v) is 5.23. The third-order valence-electron chi connectivity index (χ3n) is 2.39. The Morgan fingerprint density at radius 3 is 2.00 bits per heavy atom.